The molecule has 0 aromatic carbocycles. The van der Waals surface area contributed by atoms with Gasteiger partial charge in [0.05, 0.1) is 4.92 Å². The Morgan fingerprint density at radius 1 is 1.54 bits per heavy atom. The summed E-state index contributed by atoms with van der Waals surface area (Å²) in [5.41, 5.74) is 0.579. The first kappa shape index (κ1) is 9.44. The van der Waals surface area contributed by atoms with E-state index >= 15 is 0 Å². The lowest BCUT2D eigenvalue weighted by Gasteiger charge is -2.04. The van der Waals surface area contributed by atoms with E-state index < -0.39 is 4.92 Å². The molecule has 0 amide bonds. The average Bonchev–Trinajstić information content (AvgIpc) is 2.09. The van der Waals surface area contributed by atoms with Crippen LogP contribution in [0.4, 0.5) is 5.69 Å². The summed E-state index contributed by atoms with van der Waals surface area (Å²) < 4.78 is 0.609. The van der Waals surface area contributed by atoms with E-state index in [1.165, 1.54) is 12.1 Å². The van der Waals surface area contributed by atoms with Crippen LogP contribution >= 0.6 is 0 Å². The highest BCUT2D eigenvalue weighted by Crippen LogP contribution is 2.15. The van der Waals surface area contributed by atoms with Crippen molar-refractivity contribution in [2.24, 2.45) is 0 Å². The Morgan fingerprint density at radius 3 is 2.62 bits per heavy atom. The first-order chi connectivity index (χ1) is 6.07. The molecule has 5 heteroatoms. The van der Waals surface area contributed by atoms with Crippen LogP contribution in [0.1, 0.15) is 18.3 Å². The molecule has 0 radical (unpaired) electrons. The minimum absolute atomic E-state index is 0.108. The van der Waals surface area contributed by atoms with E-state index in [0.29, 0.717) is 16.8 Å². The van der Waals surface area contributed by atoms with Gasteiger partial charge in [-0.15, -0.1) is 0 Å². The summed E-state index contributed by atoms with van der Waals surface area (Å²) in [6, 6.07) is 2.81. The second-order valence-electron chi connectivity index (χ2n) is 2.71. The summed E-state index contributed by atoms with van der Waals surface area (Å²) in [6.07, 6.45) is 0.363. The van der Waals surface area contributed by atoms with Gasteiger partial charge in [0.15, 0.2) is 5.69 Å². The fourth-order valence-corrected chi connectivity index (χ4v) is 1.17. The first-order valence-electron chi connectivity index (χ1n) is 3.94. The van der Waals surface area contributed by atoms with Crippen molar-refractivity contribution in [3.8, 4) is 0 Å². The molecule has 0 aliphatic heterocycles. The maximum atomic E-state index is 11.3. The minimum atomic E-state index is -0.535. The number of hydrogen-bond acceptors (Lipinski definition) is 3. The highest BCUT2D eigenvalue weighted by atomic mass is 16.6. The third kappa shape index (κ3) is 1.58. The Hall–Kier alpha value is -1.65. The fraction of sp³-hybridized carbons (Fsp3) is 0.375. The molecule has 0 aliphatic rings. The van der Waals surface area contributed by atoms with Gasteiger partial charge >= 0.3 is 5.69 Å². The van der Waals surface area contributed by atoms with E-state index in [9.17, 15) is 15.3 Å². The third-order valence-electron chi connectivity index (χ3n) is 1.88. The number of aromatic nitrogens is 1. The topological polar surface area (TPSA) is 70.1 Å². The van der Waals surface area contributed by atoms with Gasteiger partial charge in [0.1, 0.15) is 0 Å². The van der Waals surface area contributed by atoms with Gasteiger partial charge in [0, 0.05) is 25.5 Å². The summed E-state index contributed by atoms with van der Waals surface area (Å²) in [5, 5.41) is 21.8. The molecule has 1 aromatic rings. The van der Waals surface area contributed by atoms with E-state index in [1.54, 1.807) is 13.8 Å². The van der Waals surface area contributed by atoms with Crippen molar-refractivity contribution < 1.29 is 9.65 Å². The minimum Gasteiger partial charge on any atom is -0.618 e. The molecular weight excluding hydrogens is 172 g/mol. The van der Waals surface area contributed by atoms with Crippen LogP contribution in [0.3, 0.4) is 0 Å². The molecular formula is C8H10N2O3. The lowest BCUT2D eigenvalue weighted by atomic mass is 10.2. The van der Waals surface area contributed by atoms with E-state index in [-0.39, 0.29) is 11.4 Å². The van der Waals surface area contributed by atoms with Crippen LogP contribution in [0.15, 0.2) is 12.1 Å². The van der Waals surface area contributed by atoms with Crippen molar-refractivity contribution in [1.29, 1.82) is 0 Å². The van der Waals surface area contributed by atoms with Crippen molar-refractivity contribution in [1.82, 2.24) is 0 Å². The predicted molar refractivity (Wildman–Crippen MR) is 46.2 cm³/mol. The predicted octanol–water partition coefficient (Wildman–Crippen LogP) is 1.10. The lowest BCUT2D eigenvalue weighted by molar-refractivity contribution is -0.624. The molecule has 0 N–H and O–H groups in total. The Balaban J connectivity index is 3.38. The van der Waals surface area contributed by atoms with E-state index in [4.69, 9.17) is 0 Å². The zero-order valence-electron chi connectivity index (χ0n) is 7.48. The molecule has 1 rings (SSSR count). The van der Waals surface area contributed by atoms with Crippen molar-refractivity contribution in [3.63, 3.8) is 0 Å². The summed E-state index contributed by atoms with van der Waals surface area (Å²) in [7, 11) is 0. The Labute approximate surface area is 75.4 Å². The van der Waals surface area contributed by atoms with Gasteiger partial charge in [-0.1, -0.05) is 6.92 Å². The maximum absolute atomic E-state index is 11.3. The largest absolute Gasteiger partial charge is 0.618 e. The zero-order chi connectivity index (χ0) is 10.0. The van der Waals surface area contributed by atoms with Crippen LogP contribution in [0.5, 0.6) is 0 Å². The van der Waals surface area contributed by atoms with Crippen molar-refractivity contribution in [2.75, 3.05) is 0 Å². The summed E-state index contributed by atoms with van der Waals surface area (Å²) in [6.45, 7) is 3.34. The summed E-state index contributed by atoms with van der Waals surface area (Å²) in [4.78, 5) is 9.96. The number of aryl methyl sites for hydroxylation is 1. The van der Waals surface area contributed by atoms with E-state index in [0.717, 1.165) is 0 Å². The molecule has 1 aromatic heterocycles. The smallest absolute Gasteiger partial charge is 0.336 e. The van der Waals surface area contributed by atoms with Crippen LogP contribution in [0.2, 0.25) is 0 Å². The normalized spacial score (nSPS) is 10.0. The molecule has 70 valence electrons. The highest BCUT2D eigenvalue weighted by molar-refractivity contribution is 5.32. The lowest BCUT2D eigenvalue weighted by Crippen LogP contribution is -2.35. The molecule has 0 saturated carbocycles. The summed E-state index contributed by atoms with van der Waals surface area (Å²) >= 11 is 0. The van der Waals surface area contributed by atoms with E-state index in [2.05, 4.69) is 0 Å². The van der Waals surface area contributed by atoms with Gasteiger partial charge in [0.2, 0.25) is 0 Å². The second-order valence-corrected chi connectivity index (χ2v) is 2.71. The van der Waals surface area contributed by atoms with Crippen LogP contribution in [0, 0.1) is 22.2 Å². The molecule has 0 unspecified atom stereocenters. The Bertz CT molecular complexity index is 349. The van der Waals surface area contributed by atoms with Gasteiger partial charge < -0.3 is 5.21 Å². The van der Waals surface area contributed by atoms with Gasteiger partial charge in [-0.3, -0.25) is 10.1 Å². The number of hydrogen-bond donors (Lipinski definition) is 0. The van der Waals surface area contributed by atoms with Crippen molar-refractivity contribution in [2.45, 2.75) is 20.3 Å². The number of rotatable bonds is 2. The molecule has 13 heavy (non-hydrogen) atoms. The van der Waals surface area contributed by atoms with Gasteiger partial charge in [0.25, 0.3) is 5.69 Å². The van der Waals surface area contributed by atoms with Gasteiger partial charge in [-0.05, 0) is 0 Å². The molecule has 0 saturated heterocycles. The standard InChI is InChI=1S/C8H10N2O3/c1-3-7-8(10(12)13)5-4-6(2)9(7)11/h4-5H,3H2,1-2H3. The molecule has 0 bridgehead atoms. The van der Waals surface area contributed by atoms with Crippen molar-refractivity contribution >= 4 is 5.69 Å². The zero-order valence-corrected chi connectivity index (χ0v) is 7.48. The number of nitro groups is 1. The Morgan fingerprint density at radius 2 is 2.15 bits per heavy atom. The first-order valence-corrected chi connectivity index (χ1v) is 3.94. The quantitative estimate of drug-likeness (QED) is 0.297. The fourth-order valence-electron chi connectivity index (χ4n) is 1.17. The molecule has 0 fully saturated rings. The Kier molecular flexibility index (Phi) is 2.46. The molecule has 1 heterocycles. The van der Waals surface area contributed by atoms with Crippen LogP contribution < -0.4 is 4.73 Å². The van der Waals surface area contributed by atoms with Gasteiger partial charge in [-0.2, -0.15) is 4.73 Å². The van der Waals surface area contributed by atoms with Crippen LogP contribution in [-0.2, 0) is 6.42 Å². The second kappa shape index (κ2) is 3.38. The highest BCUT2D eigenvalue weighted by Gasteiger charge is 2.21. The van der Waals surface area contributed by atoms with Crippen LogP contribution in [-0.4, -0.2) is 4.92 Å². The maximum Gasteiger partial charge on any atom is 0.336 e. The van der Waals surface area contributed by atoms with E-state index in [1.807, 2.05) is 0 Å². The third-order valence-corrected chi connectivity index (χ3v) is 1.88. The van der Waals surface area contributed by atoms with Crippen LogP contribution in [0.25, 0.3) is 0 Å². The summed E-state index contributed by atoms with van der Waals surface area (Å²) in [5.74, 6) is 0. The van der Waals surface area contributed by atoms with Crippen molar-refractivity contribution in [3.05, 3.63) is 38.8 Å². The number of nitrogens with zero attached hydrogens (tertiary/aromatic N) is 2. The van der Waals surface area contributed by atoms with Gasteiger partial charge in [-0.25, -0.2) is 0 Å². The molecule has 5 nitrogen and oxygen atoms in total. The monoisotopic (exact) mass is 182 g/mol. The average molecular weight is 182 g/mol. The molecule has 0 spiro atoms. The number of pyridine rings is 1. The molecule has 0 aliphatic carbocycles. The molecule has 0 atom stereocenters. The SMILES string of the molecule is CCc1c([N+](=O)[O-])ccc(C)[n+]1[O-].